The number of carbonyl (C=O) groups excluding carboxylic acids is 2. The van der Waals surface area contributed by atoms with Gasteiger partial charge in [-0.1, -0.05) is 68.2 Å². The zero-order chi connectivity index (χ0) is 23.0. The maximum atomic E-state index is 13.2. The van der Waals surface area contributed by atoms with Gasteiger partial charge in [0.05, 0.1) is 0 Å². The van der Waals surface area contributed by atoms with E-state index in [0.717, 1.165) is 12.0 Å². The highest BCUT2D eigenvalue weighted by molar-refractivity contribution is 6.35. The first-order valence-electron chi connectivity index (χ1n) is 10.5. The zero-order valence-electron chi connectivity index (χ0n) is 18.5. The first-order valence-corrected chi connectivity index (χ1v) is 11.2. The van der Waals surface area contributed by atoms with Gasteiger partial charge in [-0.3, -0.25) is 9.59 Å². The Morgan fingerprint density at radius 3 is 2.45 bits per heavy atom. The molecular formula is C24H30Cl2N2O3. The van der Waals surface area contributed by atoms with Crippen molar-refractivity contribution in [3.8, 4) is 5.75 Å². The highest BCUT2D eigenvalue weighted by Gasteiger charge is 2.27. The summed E-state index contributed by atoms with van der Waals surface area (Å²) in [6, 6.07) is 12.1. The fourth-order valence-electron chi connectivity index (χ4n) is 3.12. The molecule has 168 valence electrons. The number of hydrogen-bond donors (Lipinski definition) is 1. The third-order valence-corrected chi connectivity index (χ3v) is 5.55. The monoisotopic (exact) mass is 464 g/mol. The lowest BCUT2D eigenvalue weighted by Gasteiger charge is -2.29. The lowest BCUT2D eigenvalue weighted by atomic mass is 10.0. The van der Waals surface area contributed by atoms with Crippen molar-refractivity contribution in [2.75, 3.05) is 13.2 Å². The number of nitrogens with zero attached hydrogens (tertiary/aromatic N) is 1. The van der Waals surface area contributed by atoms with Gasteiger partial charge >= 0.3 is 0 Å². The standard InChI is InChI=1S/C24H30Cl2N2O3/c1-5-12-27-24(30)17(4)28(14-18-10-11-19(25)13-21(18)26)23(29)15-31-22-9-7-6-8-20(22)16(2)3/h6-11,13,16-17H,5,12,14-15H2,1-4H3,(H,27,30)/t17-/m1/s1. The van der Waals surface area contributed by atoms with E-state index in [1.165, 1.54) is 4.90 Å². The third-order valence-electron chi connectivity index (χ3n) is 4.96. The van der Waals surface area contributed by atoms with Crippen LogP contribution in [0.25, 0.3) is 0 Å². The maximum Gasteiger partial charge on any atom is 0.261 e. The molecule has 0 aliphatic carbocycles. The van der Waals surface area contributed by atoms with Gasteiger partial charge in [0.1, 0.15) is 11.8 Å². The van der Waals surface area contributed by atoms with Crippen molar-refractivity contribution in [2.45, 2.75) is 52.6 Å². The Morgan fingerprint density at radius 1 is 1.10 bits per heavy atom. The van der Waals surface area contributed by atoms with Crippen LogP contribution in [0.5, 0.6) is 5.75 Å². The first-order chi connectivity index (χ1) is 14.7. The van der Waals surface area contributed by atoms with Crippen LogP contribution >= 0.6 is 23.2 Å². The number of ether oxygens (including phenoxy) is 1. The number of hydrogen-bond acceptors (Lipinski definition) is 3. The highest BCUT2D eigenvalue weighted by Crippen LogP contribution is 2.26. The Hall–Kier alpha value is -2.24. The van der Waals surface area contributed by atoms with Crippen molar-refractivity contribution in [1.82, 2.24) is 10.2 Å². The molecule has 0 aliphatic rings. The SMILES string of the molecule is CCCNC(=O)[C@@H](C)N(Cc1ccc(Cl)cc1Cl)C(=O)COc1ccccc1C(C)C. The van der Waals surface area contributed by atoms with Crippen LogP contribution in [0.4, 0.5) is 0 Å². The van der Waals surface area contributed by atoms with Crippen molar-refractivity contribution < 1.29 is 14.3 Å². The van der Waals surface area contributed by atoms with E-state index in [0.29, 0.717) is 27.9 Å². The van der Waals surface area contributed by atoms with Crippen LogP contribution < -0.4 is 10.1 Å². The molecule has 5 nitrogen and oxygen atoms in total. The summed E-state index contributed by atoms with van der Waals surface area (Å²) in [6.07, 6.45) is 0.810. The molecule has 2 aromatic rings. The molecule has 0 saturated heterocycles. The van der Waals surface area contributed by atoms with Crippen LogP contribution in [0.2, 0.25) is 10.0 Å². The fourth-order valence-corrected chi connectivity index (χ4v) is 3.59. The van der Waals surface area contributed by atoms with E-state index in [1.807, 2.05) is 31.2 Å². The molecule has 0 heterocycles. The minimum atomic E-state index is -0.685. The molecule has 2 aromatic carbocycles. The van der Waals surface area contributed by atoms with Crippen LogP contribution in [-0.2, 0) is 16.1 Å². The summed E-state index contributed by atoms with van der Waals surface area (Å²) in [5, 5.41) is 3.80. The first kappa shape index (κ1) is 25.0. The van der Waals surface area contributed by atoms with Crippen LogP contribution in [-0.4, -0.2) is 35.9 Å². The number of amides is 2. The number of rotatable bonds is 10. The van der Waals surface area contributed by atoms with Gasteiger partial charge in [-0.15, -0.1) is 0 Å². The number of nitrogens with one attached hydrogen (secondary N) is 1. The quantitative estimate of drug-likeness (QED) is 0.509. The summed E-state index contributed by atoms with van der Waals surface area (Å²) in [7, 11) is 0. The van der Waals surface area contributed by atoms with E-state index in [1.54, 1.807) is 25.1 Å². The number of carbonyl (C=O) groups is 2. The minimum absolute atomic E-state index is 0.171. The molecule has 2 amide bonds. The lowest BCUT2D eigenvalue weighted by Crippen LogP contribution is -2.49. The highest BCUT2D eigenvalue weighted by atomic mass is 35.5. The fraction of sp³-hybridized carbons (Fsp3) is 0.417. The molecule has 7 heteroatoms. The van der Waals surface area contributed by atoms with E-state index in [9.17, 15) is 9.59 Å². The van der Waals surface area contributed by atoms with E-state index >= 15 is 0 Å². The predicted octanol–water partition coefficient (Wildman–Crippen LogP) is 5.44. The van der Waals surface area contributed by atoms with E-state index < -0.39 is 6.04 Å². The Morgan fingerprint density at radius 2 is 1.81 bits per heavy atom. The summed E-state index contributed by atoms with van der Waals surface area (Å²) in [4.78, 5) is 27.2. The molecule has 0 unspecified atom stereocenters. The van der Waals surface area contributed by atoms with Gasteiger partial charge in [0, 0.05) is 23.1 Å². The molecular weight excluding hydrogens is 435 g/mol. The molecule has 1 atom stereocenters. The molecule has 0 radical (unpaired) electrons. The van der Waals surface area contributed by atoms with Crippen LogP contribution in [0.15, 0.2) is 42.5 Å². The Bertz CT molecular complexity index is 902. The van der Waals surface area contributed by atoms with Crippen LogP contribution in [0.3, 0.4) is 0 Å². The molecule has 0 fully saturated rings. The lowest BCUT2D eigenvalue weighted by molar-refractivity contribution is -0.142. The van der Waals surface area contributed by atoms with Crippen LogP contribution in [0, 0.1) is 0 Å². The van der Waals surface area contributed by atoms with Gasteiger partial charge in [-0.25, -0.2) is 0 Å². The molecule has 0 aromatic heterocycles. The van der Waals surface area contributed by atoms with E-state index in [-0.39, 0.29) is 30.9 Å². The van der Waals surface area contributed by atoms with Gasteiger partial charge in [-0.05, 0) is 48.6 Å². The van der Waals surface area contributed by atoms with Crippen molar-refractivity contribution in [1.29, 1.82) is 0 Å². The van der Waals surface area contributed by atoms with Gasteiger partial charge in [0.15, 0.2) is 6.61 Å². The maximum absolute atomic E-state index is 13.2. The van der Waals surface area contributed by atoms with E-state index in [4.69, 9.17) is 27.9 Å². The number of halogens is 2. The molecule has 0 spiro atoms. The summed E-state index contributed by atoms with van der Waals surface area (Å²) < 4.78 is 5.86. The van der Waals surface area contributed by atoms with Crippen molar-refractivity contribution in [3.05, 3.63) is 63.6 Å². The van der Waals surface area contributed by atoms with Gasteiger partial charge in [-0.2, -0.15) is 0 Å². The van der Waals surface area contributed by atoms with Gasteiger partial charge < -0.3 is 15.0 Å². The van der Waals surface area contributed by atoms with Crippen molar-refractivity contribution in [2.24, 2.45) is 0 Å². The second-order valence-electron chi connectivity index (χ2n) is 7.71. The predicted molar refractivity (Wildman–Crippen MR) is 126 cm³/mol. The summed E-state index contributed by atoms with van der Waals surface area (Å²) in [5.74, 6) is 0.402. The smallest absolute Gasteiger partial charge is 0.261 e. The number of benzene rings is 2. The normalized spacial score (nSPS) is 11.8. The molecule has 0 aliphatic heterocycles. The average molecular weight is 465 g/mol. The Kier molecular flexibility index (Phi) is 9.66. The molecule has 0 saturated carbocycles. The third kappa shape index (κ3) is 7.15. The van der Waals surface area contributed by atoms with Crippen molar-refractivity contribution >= 4 is 35.0 Å². The van der Waals surface area contributed by atoms with E-state index in [2.05, 4.69) is 19.2 Å². The van der Waals surface area contributed by atoms with Gasteiger partial charge in [0.25, 0.3) is 5.91 Å². The molecule has 1 N–H and O–H groups in total. The Balaban J connectivity index is 2.22. The topological polar surface area (TPSA) is 58.6 Å². The second kappa shape index (κ2) is 12.0. The molecule has 2 rings (SSSR count). The summed E-state index contributed by atoms with van der Waals surface area (Å²) in [5.41, 5.74) is 1.73. The van der Waals surface area contributed by atoms with Crippen LogP contribution in [0.1, 0.15) is 51.2 Å². The average Bonchev–Trinajstić information content (AvgIpc) is 2.74. The molecule has 0 bridgehead atoms. The van der Waals surface area contributed by atoms with Gasteiger partial charge in [0.2, 0.25) is 5.91 Å². The zero-order valence-corrected chi connectivity index (χ0v) is 20.0. The largest absolute Gasteiger partial charge is 0.483 e. The van der Waals surface area contributed by atoms with Crippen molar-refractivity contribution in [3.63, 3.8) is 0 Å². The number of para-hydroxylation sites is 1. The Labute approximate surface area is 194 Å². The second-order valence-corrected chi connectivity index (χ2v) is 8.55. The summed E-state index contributed by atoms with van der Waals surface area (Å²) in [6.45, 7) is 8.35. The molecule has 31 heavy (non-hydrogen) atoms. The summed E-state index contributed by atoms with van der Waals surface area (Å²) >= 11 is 12.3. The minimum Gasteiger partial charge on any atom is -0.483 e.